The Bertz CT molecular complexity index is 2520. The van der Waals surface area contributed by atoms with Crippen LogP contribution >= 0.6 is 0 Å². The quantitative estimate of drug-likeness (QED) is 0.138. The van der Waals surface area contributed by atoms with Crippen LogP contribution in [0.25, 0.3) is 22.4 Å². The van der Waals surface area contributed by atoms with Gasteiger partial charge in [0, 0.05) is 61.5 Å². The molecule has 6 atom stereocenters. The zero-order valence-electron chi connectivity index (χ0n) is 37.1. The van der Waals surface area contributed by atoms with Crippen molar-refractivity contribution in [2.24, 2.45) is 4.99 Å². The molecule has 1 spiro atoms. The molecule has 3 N–H and O–H groups in total. The Morgan fingerprint density at radius 2 is 1.36 bits per heavy atom. The van der Waals surface area contributed by atoms with E-state index in [-0.39, 0.29) is 29.3 Å². The van der Waals surface area contributed by atoms with Crippen LogP contribution < -0.4 is 15.4 Å². The molecule has 1 saturated carbocycles. The topological polar surface area (TPSA) is 186 Å². The minimum atomic E-state index is -0.906. The molecule has 4 aromatic rings. The van der Waals surface area contributed by atoms with Crippen molar-refractivity contribution in [2.75, 3.05) is 41.5 Å². The number of likely N-dealkylation sites (tertiary alicyclic amines) is 2. The average Bonchev–Trinajstić information content (AvgIpc) is 3.84. The molecule has 0 bridgehead atoms. The van der Waals surface area contributed by atoms with E-state index in [0.717, 1.165) is 94.9 Å². The van der Waals surface area contributed by atoms with Crippen molar-refractivity contribution in [1.82, 2.24) is 30.4 Å². The summed E-state index contributed by atoms with van der Waals surface area (Å²) in [5.74, 6) is 1.92. The van der Waals surface area contributed by atoms with Gasteiger partial charge in [0.05, 0.1) is 56.1 Å². The third kappa shape index (κ3) is 7.76. The first kappa shape index (κ1) is 43.0. The number of carbonyl (C=O) groups is 4. The zero-order chi connectivity index (χ0) is 44.9. The van der Waals surface area contributed by atoms with Crippen LogP contribution in [0.15, 0.2) is 65.8 Å². The monoisotopic (exact) mass is 873 g/mol. The number of fused-ring (bicyclic) bond motifs is 5. The van der Waals surface area contributed by atoms with E-state index in [1.807, 2.05) is 23.2 Å². The summed E-state index contributed by atoms with van der Waals surface area (Å²) in [6.07, 6.45) is 5.16. The molecule has 4 aliphatic heterocycles. The first-order valence-corrected chi connectivity index (χ1v) is 22.0. The van der Waals surface area contributed by atoms with Crippen LogP contribution in [0, 0.1) is 0 Å². The fourth-order valence-electron chi connectivity index (χ4n) is 9.97. The Morgan fingerprint density at radius 1 is 0.750 bits per heavy atom. The molecule has 3 aromatic carbocycles. The van der Waals surface area contributed by atoms with Gasteiger partial charge in [0.25, 0.3) is 0 Å². The summed E-state index contributed by atoms with van der Waals surface area (Å²) < 4.78 is 27.2. The van der Waals surface area contributed by atoms with Gasteiger partial charge in [-0.2, -0.15) is 0 Å². The number of aromatic nitrogens is 2. The summed E-state index contributed by atoms with van der Waals surface area (Å²) in [5.41, 5.74) is 9.05. The molecule has 1 aliphatic carbocycles. The number of H-pyrrole nitrogens is 1. The first-order valence-electron chi connectivity index (χ1n) is 22.0. The summed E-state index contributed by atoms with van der Waals surface area (Å²) in [7, 11) is 5.56. The number of benzene rings is 3. The molecular weight excluding hydrogens is 819 g/mol. The number of carbonyl (C=O) groups excluding carboxylic acids is 4. The van der Waals surface area contributed by atoms with Gasteiger partial charge < -0.3 is 49.1 Å². The van der Waals surface area contributed by atoms with Crippen LogP contribution in [0.3, 0.4) is 0 Å². The number of methoxy groups -OCH3 is 4. The SMILES string of the molecule is COC(=O)N[C@H](C(=O)N1CCC[C@H]1C1=Nc2ccc(-c3ccc4c(c3)Oc3ccc(-c5cnc([C@@H]6CCCN6C(=O)[C@@H](NC(=O)OC)[C@@H](C)OC)[nH]5)cc3C43CC3)cc2C1)[C@@H](C)OC. The van der Waals surface area contributed by atoms with Crippen molar-refractivity contribution in [1.29, 1.82) is 0 Å². The normalized spacial score (nSPS) is 20.8. The number of imidazole rings is 1. The van der Waals surface area contributed by atoms with Crippen molar-refractivity contribution < 1.29 is 42.9 Å². The van der Waals surface area contributed by atoms with Crippen LogP contribution in [0.2, 0.25) is 0 Å². The van der Waals surface area contributed by atoms with E-state index in [0.29, 0.717) is 25.3 Å². The molecule has 16 heteroatoms. The number of aromatic amines is 1. The lowest BCUT2D eigenvalue weighted by Gasteiger charge is -2.31. The standard InChI is InChI=1S/C48H55N7O9/c1-26(60-3)41(52-46(58)62-5)44(56)54-19-7-9-37(54)35-23-31-21-28(12-15-34(31)50-35)29-11-14-32-40(24-29)64-39-16-13-30(22-33(39)48(32)17-18-48)36-25-49-43(51-36)38-10-8-20-55(38)45(57)42(27(2)61-4)53-47(59)63-6/h11-16,21-22,24-27,37-38,41-42H,7-10,17-20,23H2,1-6H3,(H,49,51)(H,52,58)(H,53,59)/t26-,27-,37+,38+,41+,42+/m1/s1. The van der Waals surface area contributed by atoms with Gasteiger partial charge in [-0.1, -0.05) is 18.2 Å². The number of amides is 4. The van der Waals surface area contributed by atoms with Gasteiger partial charge in [0.15, 0.2) is 0 Å². The van der Waals surface area contributed by atoms with E-state index >= 15 is 0 Å². The Balaban J connectivity index is 0.900. The van der Waals surface area contributed by atoms with Crippen LogP contribution in [-0.2, 0) is 40.4 Å². The molecule has 336 valence electrons. The van der Waals surface area contributed by atoms with E-state index in [4.69, 9.17) is 33.7 Å². The minimum absolute atomic E-state index is 0.146. The number of nitrogens with zero attached hydrogens (tertiary/aromatic N) is 4. The summed E-state index contributed by atoms with van der Waals surface area (Å²) >= 11 is 0. The van der Waals surface area contributed by atoms with Crippen molar-refractivity contribution in [3.63, 3.8) is 0 Å². The van der Waals surface area contributed by atoms with Gasteiger partial charge in [-0.3, -0.25) is 14.6 Å². The Kier molecular flexibility index (Phi) is 11.7. The van der Waals surface area contributed by atoms with Gasteiger partial charge in [0.1, 0.15) is 29.4 Å². The Hall–Kier alpha value is -6.26. The third-order valence-corrected chi connectivity index (χ3v) is 13.8. The predicted octanol–water partition coefficient (Wildman–Crippen LogP) is 6.73. The van der Waals surface area contributed by atoms with Crippen LogP contribution in [0.5, 0.6) is 11.5 Å². The van der Waals surface area contributed by atoms with Gasteiger partial charge >= 0.3 is 12.2 Å². The van der Waals surface area contributed by atoms with Gasteiger partial charge in [0.2, 0.25) is 11.8 Å². The second-order valence-corrected chi connectivity index (χ2v) is 17.4. The maximum Gasteiger partial charge on any atom is 0.407 e. The summed E-state index contributed by atoms with van der Waals surface area (Å²) in [6, 6.07) is 16.9. The highest BCUT2D eigenvalue weighted by molar-refractivity contribution is 6.01. The summed E-state index contributed by atoms with van der Waals surface area (Å²) in [4.78, 5) is 68.7. The second-order valence-electron chi connectivity index (χ2n) is 17.4. The number of nitrogens with one attached hydrogen (secondary N) is 3. The van der Waals surface area contributed by atoms with Gasteiger partial charge in [-0.25, -0.2) is 14.6 Å². The van der Waals surface area contributed by atoms with Crippen LogP contribution in [0.1, 0.15) is 80.9 Å². The van der Waals surface area contributed by atoms with E-state index < -0.39 is 36.5 Å². The maximum absolute atomic E-state index is 13.8. The highest BCUT2D eigenvalue weighted by Gasteiger charge is 2.52. The molecular formula is C48H55N7O9. The number of hydrogen-bond acceptors (Lipinski definition) is 11. The van der Waals surface area contributed by atoms with Gasteiger partial charge in [-0.05, 0) is 105 Å². The molecule has 16 nitrogen and oxygen atoms in total. The molecule has 3 fully saturated rings. The number of alkyl carbamates (subject to hydrolysis) is 2. The lowest BCUT2D eigenvalue weighted by Crippen LogP contribution is -2.56. The maximum atomic E-state index is 13.8. The molecule has 9 rings (SSSR count). The molecule has 4 amide bonds. The fraction of sp³-hybridized carbons (Fsp3) is 0.458. The lowest BCUT2D eigenvalue weighted by atomic mass is 9.83. The number of aliphatic imine (C=N–C) groups is 1. The second kappa shape index (κ2) is 17.4. The van der Waals surface area contributed by atoms with Crippen LogP contribution in [-0.4, -0.2) is 121 Å². The Morgan fingerprint density at radius 3 is 2.00 bits per heavy atom. The van der Waals surface area contributed by atoms with Crippen molar-refractivity contribution in [3.05, 3.63) is 83.3 Å². The molecule has 64 heavy (non-hydrogen) atoms. The summed E-state index contributed by atoms with van der Waals surface area (Å²) in [6.45, 7) is 4.61. The fourth-order valence-corrected chi connectivity index (χ4v) is 9.97. The van der Waals surface area contributed by atoms with Gasteiger partial charge in [-0.15, -0.1) is 0 Å². The van der Waals surface area contributed by atoms with Crippen molar-refractivity contribution in [3.8, 4) is 33.9 Å². The van der Waals surface area contributed by atoms with E-state index in [1.165, 1.54) is 34.0 Å². The van der Waals surface area contributed by atoms with Crippen molar-refractivity contribution in [2.45, 2.75) is 101 Å². The molecule has 1 aromatic heterocycles. The summed E-state index contributed by atoms with van der Waals surface area (Å²) in [5, 5.41) is 5.31. The lowest BCUT2D eigenvalue weighted by molar-refractivity contribution is -0.138. The highest BCUT2D eigenvalue weighted by Crippen LogP contribution is 2.62. The average molecular weight is 874 g/mol. The number of hydrogen-bond donors (Lipinski definition) is 3. The van der Waals surface area contributed by atoms with Crippen molar-refractivity contribution >= 4 is 35.4 Å². The molecule has 0 radical (unpaired) electrons. The largest absolute Gasteiger partial charge is 0.457 e. The molecule has 5 aliphatic rings. The van der Waals surface area contributed by atoms with Crippen LogP contribution in [0.4, 0.5) is 15.3 Å². The Labute approximate surface area is 372 Å². The molecule has 2 saturated heterocycles. The first-order chi connectivity index (χ1) is 31.0. The number of ether oxygens (including phenoxy) is 5. The molecule has 0 unspecified atom stereocenters. The minimum Gasteiger partial charge on any atom is -0.457 e. The highest BCUT2D eigenvalue weighted by atomic mass is 16.5. The molecule has 5 heterocycles. The third-order valence-electron chi connectivity index (χ3n) is 13.8. The smallest absolute Gasteiger partial charge is 0.407 e. The number of rotatable bonds is 12. The van der Waals surface area contributed by atoms with E-state index in [1.54, 1.807) is 18.7 Å². The van der Waals surface area contributed by atoms with E-state index in [9.17, 15) is 19.2 Å². The zero-order valence-corrected chi connectivity index (χ0v) is 37.1. The van der Waals surface area contributed by atoms with E-state index in [2.05, 4.69) is 58.1 Å². The predicted molar refractivity (Wildman–Crippen MR) is 237 cm³/mol.